The summed E-state index contributed by atoms with van der Waals surface area (Å²) in [4.78, 5) is 24.4. The molecule has 1 fully saturated rings. The summed E-state index contributed by atoms with van der Waals surface area (Å²) < 4.78 is 1.74. The topological polar surface area (TPSA) is 73.8 Å². The van der Waals surface area contributed by atoms with Crippen LogP contribution in [0.4, 0.5) is 0 Å². The summed E-state index contributed by atoms with van der Waals surface area (Å²) >= 11 is 0. The van der Waals surface area contributed by atoms with Gasteiger partial charge in [-0.25, -0.2) is 0 Å². The summed E-state index contributed by atoms with van der Waals surface area (Å²) in [6.07, 6.45) is 3.54. The number of halogens is 1. The van der Waals surface area contributed by atoms with Crippen molar-refractivity contribution in [3.05, 3.63) is 66.5 Å². The summed E-state index contributed by atoms with van der Waals surface area (Å²) in [5.41, 5.74) is 0.804. The maximum absolute atomic E-state index is 12.4. The Balaban J connectivity index is 0.00000192. The highest BCUT2D eigenvalue weighted by Gasteiger charge is 2.50. The second kappa shape index (κ2) is 7.03. The quantitative estimate of drug-likeness (QED) is 0.517. The summed E-state index contributed by atoms with van der Waals surface area (Å²) in [6.45, 7) is 0. The molecule has 1 aromatic carbocycles. The molecule has 2 aromatic rings. The Bertz CT molecular complexity index is 743. The van der Waals surface area contributed by atoms with E-state index in [1.165, 1.54) is 0 Å². The lowest BCUT2D eigenvalue weighted by Crippen LogP contribution is -3.00. The zero-order chi connectivity index (χ0) is 15.5. The van der Waals surface area contributed by atoms with Crippen LogP contribution in [0.25, 0.3) is 0 Å². The van der Waals surface area contributed by atoms with Crippen LogP contribution in [-0.2, 0) is 9.59 Å². The van der Waals surface area contributed by atoms with Crippen LogP contribution in [0.15, 0.2) is 60.9 Å². The molecule has 3 atom stereocenters. The molecule has 116 valence electrons. The van der Waals surface area contributed by atoms with E-state index in [1.807, 2.05) is 54.6 Å². The van der Waals surface area contributed by atoms with Gasteiger partial charge in [0.05, 0.1) is 12.0 Å². The Kier molecular flexibility index (Phi) is 5.09. The Labute approximate surface area is 140 Å². The molecule has 2 amide bonds. The van der Waals surface area contributed by atoms with E-state index in [4.69, 9.17) is 0 Å². The number of aromatic nitrogens is 1. The van der Waals surface area contributed by atoms with Gasteiger partial charge in [-0.3, -0.25) is 14.9 Å². The first-order chi connectivity index (χ1) is 10.7. The van der Waals surface area contributed by atoms with Crippen molar-refractivity contribution in [2.75, 3.05) is 0 Å². The molecule has 3 rings (SSSR count). The van der Waals surface area contributed by atoms with Gasteiger partial charge in [-0.1, -0.05) is 36.4 Å². The van der Waals surface area contributed by atoms with E-state index < -0.39 is 23.8 Å². The average Bonchev–Trinajstić information content (AvgIpc) is 2.56. The highest BCUT2D eigenvalue weighted by molar-refractivity contribution is 6.02. The SMILES string of the molecule is N#CC1C(=O)NC(=O)C([n+]2ccccc2)C1c1ccccc1.[Cl-]. The number of hydrogen-bond acceptors (Lipinski definition) is 3. The molecule has 0 spiro atoms. The minimum Gasteiger partial charge on any atom is -1.00 e. The van der Waals surface area contributed by atoms with Crippen molar-refractivity contribution in [2.24, 2.45) is 5.92 Å². The van der Waals surface area contributed by atoms with Crippen LogP contribution in [0.3, 0.4) is 0 Å². The van der Waals surface area contributed by atoms with Gasteiger partial charge in [0.25, 0.3) is 5.91 Å². The third kappa shape index (κ3) is 3.08. The summed E-state index contributed by atoms with van der Waals surface area (Å²) in [5.74, 6) is -2.34. The van der Waals surface area contributed by atoms with Gasteiger partial charge >= 0.3 is 0 Å². The molecule has 1 aromatic heterocycles. The van der Waals surface area contributed by atoms with Gasteiger partial charge < -0.3 is 12.4 Å². The molecule has 0 radical (unpaired) electrons. The smallest absolute Gasteiger partial charge is 0.296 e. The number of pyridine rings is 1. The number of piperidine rings is 1. The molecule has 0 aliphatic carbocycles. The van der Waals surface area contributed by atoms with Crippen molar-refractivity contribution in [2.45, 2.75) is 12.0 Å². The number of benzene rings is 1. The molecule has 1 aliphatic rings. The lowest BCUT2D eigenvalue weighted by molar-refractivity contribution is -0.713. The molecule has 0 bridgehead atoms. The first-order valence-corrected chi connectivity index (χ1v) is 6.97. The fourth-order valence-corrected chi connectivity index (χ4v) is 2.89. The van der Waals surface area contributed by atoms with Gasteiger partial charge in [0, 0.05) is 12.1 Å². The van der Waals surface area contributed by atoms with E-state index in [2.05, 4.69) is 5.32 Å². The van der Waals surface area contributed by atoms with Crippen LogP contribution in [0.2, 0.25) is 0 Å². The molecular formula is C17H14ClN3O2. The molecule has 23 heavy (non-hydrogen) atoms. The largest absolute Gasteiger partial charge is 1.00 e. The Morgan fingerprint density at radius 3 is 2.17 bits per heavy atom. The van der Waals surface area contributed by atoms with Crippen molar-refractivity contribution in [3.63, 3.8) is 0 Å². The fraction of sp³-hybridized carbons (Fsp3) is 0.176. The molecule has 1 N–H and O–H groups in total. The van der Waals surface area contributed by atoms with E-state index in [-0.39, 0.29) is 18.3 Å². The molecule has 1 aliphatic heterocycles. The normalized spacial score (nSPS) is 23.3. The number of hydrogen-bond donors (Lipinski definition) is 1. The second-order valence-electron chi connectivity index (χ2n) is 5.16. The molecule has 3 unspecified atom stereocenters. The number of nitrogens with one attached hydrogen (secondary N) is 1. The van der Waals surface area contributed by atoms with E-state index in [0.29, 0.717) is 0 Å². The summed E-state index contributed by atoms with van der Waals surface area (Å²) in [6, 6.07) is 16.1. The van der Waals surface area contributed by atoms with Crippen LogP contribution < -0.4 is 22.3 Å². The Morgan fingerprint density at radius 2 is 1.57 bits per heavy atom. The highest BCUT2D eigenvalue weighted by Crippen LogP contribution is 2.35. The molecule has 1 saturated heterocycles. The van der Waals surface area contributed by atoms with Gasteiger partial charge in [-0.15, -0.1) is 0 Å². The molecular weight excluding hydrogens is 314 g/mol. The van der Waals surface area contributed by atoms with Crippen LogP contribution in [-0.4, -0.2) is 11.8 Å². The van der Waals surface area contributed by atoms with Crippen molar-refractivity contribution in [1.82, 2.24) is 5.32 Å². The van der Waals surface area contributed by atoms with E-state index in [0.717, 1.165) is 5.56 Å². The van der Waals surface area contributed by atoms with Crippen molar-refractivity contribution in [3.8, 4) is 6.07 Å². The van der Waals surface area contributed by atoms with Gasteiger partial charge in [0.1, 0.15) is 5.92 Å². The maximum Gasteiger partial charge on any atom is 0.296 e. The monoisotopic (exact) mass is 327 g/mol. The molecule has 5 nitrogen and oxygen atoms in total. The average molecular weight is 328 g/mol. The van der Waals surface area contributed by atoms with Crippen molar-refractivity contribution in [1.29, 1.82) is 5.26 Å². The zero-order valence-corrected chi connectivity index (χ0v) is 12.9. The van der Waals surface area contributed by atoms with Gasteiger partial charge in [0.15, 0.2) is 12.4 Å². The first-order valence-electron chi connectivity index (χ1n) is 6.97. The third-order valence-corrected chi connectivity index (χ3v) is 3.88. The van der Waals surface area contributed by atoms with E-state index in [1.54, 1.807) is 17.0 Å². The fourth-order valence-electron chi connectivity index (χ4n) is 2.89. The second-order valence-corrected chi connectivity index (χ2v) is 5.16. The van der Waals surface area contributed by atoms with Crippen LogP contribution in [0, 0.1) is 17.2 Å². The maximum atomic E-state index is 12.4. The zero-order valence-electron chi connectivity index (χ0n) is 12.1. The summed E-state index contributed by atoms with van der Waals surface area (Å²) in [7, 11) is 0. The lowest BCUT2D eigenvalue weighted by Gasteiger charge is -2.29. The standard InChI is InChI=1S/C17H13N3O2.ClH/c18-11-13-14(12-7-3-1-4-8-12)15(17(22)19-16(13)21)20-9-5-2-6-10-20;/h1-10,13-15H;1H. The molecule has 6 heteroatoms. The Morgan fingerprint density at radius 1 is 0.957 bits per heavy atom. The Hall–Kier alpha value is -2.71. The number of amides is 2. The predicted molar refractivity (Wildman–Crippen MR) is 77.1 cm³/mol. The van der Waals surface area contributed by atoms with E-state index in [9.17, 15) is 14.9 Å². The number of nitrogens with zero attached hydrogens (tertiary/aromatic N) is 2. The van der Waals surface area contributed by atoms with Gasteiger partial charge in [-0.2, -0.15) is 9.83 Å². The number of carbonyl (C=O) groups excluding carboxylic acids is 2. The number of nitriles is 1. The third-order valence-electron chi connectivity index (χ3n) is 3.88. The number of imide groups is 1. The minimum absolute atomic E-state index is 0. The number of rotatable bonds is 2. The predicted octanol–water partition coefficient (Wildman–Crippen LogP) is -1.90. The first kappa shape index (κ1) is 16.7. The molecule has 2 heterocycles. The highest BCUT2D eigenvalue weighted by atomic mass is 35.5. The molecule has 0 saturated carbocycles. The van der Waals surface area contributed by atoms with Crippen LogP contribution in [0.1, 0.15) is 17.5 Å². The lowest BCUT2D eigenvalue weighted by atomic mass is 9.77. The van der Waals surface area contributed by atoms with Gasteiger partial charge in [-0.05, 0) is 5.56 Å². The number of carbonyl (C=O) groups is 2. The van der Waals surface area contributed by atoms with Crippen LogP contribution >= 0.6 is 0 Å². The van der Waals surface area contributed by atoms with E-state index >= 15 is 0 Å². The van der Waals surface area contributed by atoms with Crippen LogP contribution in [0.5, 0.6) is 0 Å². The minimum atomic E-state index is -0.905. The van der Waals surface area contributed by atoms with Gasteiger partial charge in [0.2, 0.25) is 11.9 Å². The summed E-state index contributed by atoms with van der Waals surface area (Å²) in [5, 5.41) is 11.7. The van der Waals surface area contributed by atoms with Crippen molar-refractivity contribution < 1.29 is 26.6 Å². The van der Waals surface area contributed by atoms with Crippen molar-refractivity contribution >= 4 is 11.8 Å².